The Bertz CT molecular complexity index is 1110. The summed E-state index contributed by atoms with van der Waals surface area (Å²) in [5, 5.41) is 3.68. The van der Waals surface area contributed by atoms with E-state index in [-0.39, 0.29) is 11.6 Å². The summed E-state index contributed by atoms with van der Waals surface area (Å²) >= 11 is 12.0. The van der Waals surface area contributed by atoms with Gasteiger partial charge in [0.15, 0.2) is 18.1 Å². The lowest BCUT2D eigenvalue weighted by Gasteiger charge is -2.46. The van der Waals surface area contributed by atoms with Crippen molar-refractivity contribution in [2.24, 2.45) is 0 Å². The van der Waals surface area contributed by atoms with Crippen LogP contribution in [-0.4, -0.2) is 83.0 Å². The predicted molar refractivity (Wildman–Crippen MR) is 130 cm³/mol. The number of piperazine rings is 1. The molecule has 0 saturated carbocycles. The van der Waals surface area contributed by atoms with E-state index in [2.05, 4.69) is 10.00 Å². The van der Waals surface area contributed by atoms with Gasteiger partial charge in [-0.25, -0.2) is 4.68 Å². The molecule has 2 fully saturated rings. The highest BCUT2D eigenvalue weighted by Crippen LogP contribution is 2.41. The van der Waals surface area contributed by atoms with Crippen molar-refractivity contribution in [2.75, 3.05) is 46.3 Å². The minimum absolute atomic E-state index is 0.0258. The predicted octanol–water partition coefficient (Wildman–Crippen LogP) is 4.02. The lowest BCUT2D eigenvalue weighted by atomic mass is 9.71. The SMILES string of the molecule is Cc1c(Cl)c(C(F)(F)F)nn1C(C=O)N1CCC(C(=O)N2CCN(C)CC2)(c2ccc(Cl)cc2)CC1. The van der Waals surface area contributed by atoms with Gasteiger partial charge in [0.2, 0.25) is 5.91 Å². The summed E-state index contributed by atoms with van der Waals surface area (Å²) in [4.78, 5) is 31.8. The molecule has 0 spiro atoms. The molecule has 0 aliphatic carbocycles. The van der Waals surface area contributed by atoms with E-state index in [4.69, 9.17) is 23.2 Å². The van der Waals surface area contributed by atoms with Gasteiger partial charge in [0.25, 0.3) is 0 Å². The third-order valence-electron chi connectivity index (χ3n) is 7.34. The van der Waals surface area contributed by atoms with Crippen LogP contribution in [0.5, 0.6) is 0 Å². The Kier molecular flexibility index (Phi) is 7.71. The second kappa shape index (κ2) is 10.3. The van der Waals surface area contributed by atoms with Crippen molar-refractivity contribution in [3.63, 3.8) is 0 Å². The second-order valence-corrected chi connectivity index (χ2v) is 10.3. The van der Waals surface area contributed by atoms with E-state index in [0.717, 1.165) is 23.3 Å². The molecule has 1 unspecified atom stereocenters. The minimum Gasteiger partial charge on any atom is -0.339 e. The highest BCUT2D eigenvalue weighted by Gasteiger charge is 2.47. The molecule has 1 amide bonds. The Balaban J connectivity index is 1.62. The first-order chi connectivity index (χ1) is 17.0. The number of rotatable bonds is 5. The van der Waals surface area contributed by atoms with Crippen LogP contribution in [0.1, 0.15) is 36.0 Å². The Morgan fingerprint density at radius 2 is 1.64 bits per heavy atom. The van der Waals surface area contributed by atoms with Gasteiger partial charge in [-0.3, -0.25) is 14.5 Å². The van der Waals surface area contributed by atoms with Crippen LogP contribution in [-0.2, 0) is 21.2 Å². The van der Waals surface area contributed by atoms with Crippen LogP contribution in [0.4, 0.5) is 13.2 Å². The first-order valence-corrected chi connectivity index (χ1v) is 12.5. The van der Waals surface area contributed by atoms with E-state index in [9.17, 15) is 22.8 Å². The van der Waals surface area contributed by atoms with Crippen LogP contribution >= 0.6 is 23.2 Å². The van der Waals surface area contributed by atoms with Crippen molar-refractivity contribution in [3.05, 3.63) is 51.3 Å². The molecule has 2 saturated heterocycles. The maximum absolute atomic E-state index is 13.9. The topological polar surface area (TPSA) is 61.7 Å². The number of benzene rings is 1. The van der Waals surface area contributed by atoms with Crippen LogP contribution in [0.3, 0.4) is 0 Å². The quantitative estimate of drug-likeness (QED) is 0.531. The molecule has 3 heterocycles. The van der Waals surface area contributed by atoms with E-state index in [1.165, 1.54) is 6.92 Å². The van der Waals surface area contributed by atoms with Crippen LogP contribution in [0.25, 0.3) is 0 Å². The molecule has 2 aliphatic heterocycles. The van der Waals surface area contributed by atoms with Gasteiger partial charge in [0, 0.05) is 44.3 Å². The number of hydrogen-bond donors (Lipinski definition) is 0. The van der Waals surface area contributed by atoms with Crippen molar-refractivity contribution >= 4 is 35.4 Å². The lowest BCUT2D eigenvalue weighted by Crippen LogP contribution is -2.57. The number of nitrogens with zero attached hydrogens (tertiary/aromatic N) is 5. The van der Waals surface area contributed by atoms with Gasteiger partial charge < -0.3 is 9.80 Å². The van der Waals surface area contributed by atoms with Crippen molar-refractivity contribution in [2.45, 2.75) is 37.5 Å². The molecule has 0 radical (unpaired) electrons. The zero-order valence-electron chi connectivity index (χ0n) is 20.1. The molecule has 7 nitrogen and oxygen atoms in total. The summed E-state index contributed by atoms with van der Waals surface area (Å²) in [5.74, 6) is 0.0258. The Morgan fingerprint density at radius 1 is 1.06 bits per heavy atom. The van der Waals surface area contributed by atoms with Gasteiger partial charge in [-0.1, -0.05) is 35.3 Å². The lowest BCUT2D eigenvalue weighted by molar-refractivity contribution is -0.143. The third kappa shape index (κ3) is 5.01. The van der Waals surface area contributed by atoms with Gasteiger partial charge >= 0.3 is 6.18 Å². The molecular weight excluding hydrogens is 518 g/mol. The Morgan fingerprint density at radius 3 is 2.14 bits per heavy atom. The smallest absolute Gasteiger partial charge is 0.339 e. The molecule has 1 atom stereocenters. The highest BCUT2D eigenvalue weighted by molar-refractivity contribution is 6.32. The summed E-state index contributed by atoms with van der Waals surface area (Å²) in [5.41, 5.74) is -1.13. The maximum Gasteiger partial charge on any atom is 0.436 e. The minimum atomic E-state index is -4.74. The number of halogens is 5. The number of hydrogen-bond acceptors (Lipinski definition) is 5. The summed E-state index contributed by atoms with van der Waals surface area (Å²) in [7, 11) is 2.02. The third-order valence-corrected chi connectivity index (χ3v) is 8.04. The monoisotopic (exact) mass is 545 g/mol. The van der Waals surface area contributed by atoms with Gasteiger partial charge in [-0.2, -0.15) is 18.3 Å². The summed E-state index contributed by atoms with van der Waals surface area (Å²) in [6, 6.07) is 7.22. The zero-order valence-corrected chi connectivity index (χ0v) is 21.6. The number of aromatic nitrogens is 2. The standard InChI is InChI=1S/C24H28Cl2F3N5O2/c1-16-20(26)21(24(27,28)29)30-34(16)19(15-35)32-9-7-23(8-10-32,17-3-5-18(25)6-4-17)22(36)33-13-11-31(2)12-14-33/h3-6,15,19H,7-14H2,1-2H3. The number of aldehydes is 1. The average molecular weight is 546 g/mol. The highest BCUT2D eigenvalue weighted by atomic mass is 35.5. The molecular formula is C24H28Cl2F3N5O2. The van der Waals surface area contributed by atoms with Crippen molar-refractivity contribution in [1.29, 1.82) is 0 Å². The summed E-state index contributed by atoms with van der Waals surface area (Å²) < 4.78 is 41.1. The number of amides is 1. The molecule has 0 N–H and O–H groups in total. The number of piperidine rings is 1. The van der Waals surface area contributed by atoms with Gasteiger partial charge in [0.1, 0.15) is 0 Å². The average Bonchev–Trinajstić information content (AvgIpc) is 3.15. The van der Waals surface area contributed by atoms with Gasteiger partial charge in [0.05, 0.1) is 16.1 Å². The summed E-state index contributed by atoms with van der Waals surface area (Å²) in [6.07, 6.45) is -4.45. The molecule has 2 aliphatic rings. The largest absolute Gasteiger partial charge is 0.436 e. The van der Waals surface area contributed by atoms with Crippen LogP contribution in [0.15, 0.2) is 24.3 Å². The van der Waals surface area contributed by atoms with Gasteiger partial charge in [-0.15, -0.1) is 0 Å². The number of carbonyl (C=O) groups is 2. The fourth-order valence-corrected chi connectivity index (χ4v) is 5.47. The normalized spacial score (nSPS) is 20.4. The molecule has 2 aromatic rings. The van der Waals surface area contributed by atoms with Crippen molar-refractivity contribution < 1.29 is 22.8 Å². The molecule has 1 aromatic carbocycles. The Labute approximate surface area is 217 Å². The zero-order chi connectivity index (χ0) is 26.3. The fraction of sp³-hybridized carbons (Fsp3) is 0.542. The van der Waals surface area contributed by atoms with Crippen LogP contribution in [0, 0.1) is 6.92 Å². The first-order valence-electron chi connectivity index (χ1n) is 11.7. The second-order valence-electron chi connectivity index (χ2n) is 9.46. The van der Waals surface area contributed by atoms with E-state index in [1.54, 1.807) is 17.0 Å². The molecule has 4 rings (SSSR count). The molecule has 36 heavy (non-hydrogen) atoms. The number of likely N-dealkylation sites (N-methyl/N-ethyl adjacent to an activating group) is 1. The van der Waals surface area contributed by atoms with E-state index < -0.39 is 28.5 Å². The summed E-state index contributed by atoms with van der Waals surface area (Å²) in [6.45, 7) is 4.83. The van der Waals surface area contributed by atoms with E-state index in [1.807, 2.05) is 24.1 Å². The van der Waals surface area contributed by atoms with Crippen LogP contribution < -0.4 is 0 Å². The first kappa shape index (κ1) is 26.9. The van der Waals surface area contributed by atoms with Crippen molar-refractivity contribution in [3.8, 4) is 0 Å². The molecule has 0 bridgehead atoms. The van der Waals surface area contributed by atoms with Crippen LogP contribution in [0.2, 0.25) is 10.0 Å². The Hall–Kier alpha value is -2.14. The molecule has 12 heteroatoms. The molecule has 196 valence electrons. The maximum atomic E-state index is 13.9. The number of likely N-dealkylation sites (tertiary alicyclic amines) is 1. The number of carbonyl (C=O) groups excluding carboxylic acids is 2. The van der Waals surface area contributed by atoms with Crippen molar-refractivity contribution in [1.82, 2.24) is 24.5 Å². The molecule has 1 aromatic heterocycles. The van der Waals surface area contributed by atoms with E-state index >= 15 is 0 Å². The number of alkyl halides is 3. The fourth-order valence-electron chi connectivity index (χ4n) is 5.11. The van der Waals surface area contributed by atoms with E-state index in [0.29, 0.717) is 50.3 Å². The van der Waals surface area contributed by atoms with Gasteiger partial charge in [-0.05, 0) is 44.5 Å².